The Labute approximate surface area is 139 Å². The number of hydrogen-bond acceptors (Lipinski definition) is 5. The highest BCUT2D eigenvalue weighted by Crippen LogP contribution is 2.23. The number of benzene rings is 1. The molecule has 10 heteroatoms. The molecule has 1 N–H and O–H groups in total. The van der Waals surface area contributed by atoms with Crippen LogP contribution in [0.25, 0.3) is 5.82 Å². The fourth-order valence-corrected chi connectivity index (χ4v) is 2.00. The van der Waals surface area contributed by atoms with Gasteiger partial charge in [-0.1, -0.05) is 0 Å². The molecule has 7 nitrogen and oxygen atoms in total. The van der Waals surface area contributed by atoms with Crippen molar-refractivity contribution in [2.24, 2.45) is 0 Å². The van der Waals surface area contributed by atoms with Crippen LogP contribution in [0, 0.1) is 0 Å². The average Bonchev–Trinajstić information content (AvgIpc) is 3.09. The van der Waals surface area contributed by atoms with Crippen molar-refractivity contribution in [2.75, 3.05) is 5.32 Å². The minimum absolute atomic E-state index is 0.155. The second-order valence-electron chi connectivity index (χ2n) is 4.74. The van der Waals surface area contributed by atoms with E-state index in [1.165, 1.54) is 35.7 Å². The Morgan fingerprint density at radius 3 is 2.56 bits per heavy atom. The zero-order valence-corrected chi connectivity index (χ0v) is 12.4. The van der Waals surface area contributed by atoms with Crippen molar-refractivity contribution in [3.8, 4) is 11.6 Å². The van der Waals surface area contributed by atoms with E-state index in [0.717, 1.165) is 12.1 Å². The van der Waals surface area contributed by atoms with E-state index in [-0.39, 0.29) is 5.56 Å². The van der Waals surface area contributed by atoms with Gasteiger partial charge in [0, 0.05) is 11.8 Å². The number of aromatic nitrogens is 4. The van der Waals surface area contributed by atoms with Crippen LogP contribution >= 0.6 is 0 Å². The number of pyridine rings is 1. The predicted molar refractivity (Wildman–Crippen MR) is 80.2 cm³/mol. The second-order valence-corrected chi connectivity index (χ2v) is 4.74. The van der Waals surface area contributed by atoms with Crippen LogP contribution in [0.15, 0.2) is 55.2 Å². The number of nitrogens with zero attached hydrogens (tertiary/aromatic N) is 4. The summed E-state index contributed by atoms with van der Waals surface area (Å²) in [7, 11) is 0. The highest BCUT2D eigenvalue weighted by Gasteiger charge is 2.31. The van der Waals surface area contributed by atoms with Gasteiger partial charge in [0.1, 0.15) is 18.4 Å². The number of anilines is 1. The smallest absolute Gasteiger partial charge is 0.406 e. The quantitative estimate of drug-likeness (QED) is 0.783. The number of ether oxygens (including phenoxy) is 1. The van der Waals surface area contributed by atoms with Gasteiger partial charge in [-0.3, -0.25) is 4.79 Å². The molecule has 0 bridgehead atoms. The van der Waals surface area contributed by atoms with Crippen LogP contribution in [0.3, 0.4) is 0 Å². The molecule has 1 aromatic carbocycles. The molecule has 0 saturated heterocycles. The largest absolute Gasteiger partial charge is 0.573 e. The van der Waals surface area contributed by atoms with Crippen LogP contribution in [-0.4, -0.2) is 32.0 Å². The summed E-state index contributed by atoms with van der Waals surface area (Å²) in [6, 6.07) is 7.80. The van der Waals surface area contributed by atoms with Gasteiger partial charge in [0.2, 0.25) is 0 Å². The Hall–Kier alpha value is -3.43. The molecule has 0 saturated carbocycles. The van der Waals surface area contributed by atoms with Gasteiger partial charge in [0.25, 0.3) is 5.91 Å². The molecule has 1 amide bonds. The summed E-state index contributed by atoms with van der Waals surface area (Å²) >= 11 is 0. The van der Waals surface area contributed by atoms with E-state index < -0.39 is 18.0 Å². The molecule has 3 rings (SSSR count). The summed E-state index contributed by atoms with van der Waals surface area (Å²) in [6.07, 6.45) is -0.525. The third-order valence-electron chi connectivity index (χ3n) is 3.02. The molecule has 0 unspecified atom stereocenters. The maximum atomic E-state index is 12.3. The fraction of sp³-hybridized carbons (Fsp3) is 0.0667. The summed E-state index contributed by atoms with van der Waals surface area (Å²) < 4.78 is 41.6. The summed E-state index contributed by atoms with van der Waals surface area (Å²) in [5.74, 6) is -0.577. The molecule has 0 radical (unpaired) electrons. The molecule has 3 aromatic rings. The van der Waals surface area contributed by atoms with Gasteiger partial charge in [-0.15, -0.1) is 13.2 Å². The van der Waals surface area contributed by atoms with Crippen molar-refractivity contribution < 1.29 is 22.7 Å². The minimum atomic E-state index is -4.79. The summed E-state index contributed by atoms with van der Waals surface area (Å²) in [5.41, 5.74) is 0.525. The maximum absolute atomic E-state index is 12.3. The number of rotatable bonds is 4. The van der Waals surface area contributed by atoms with Crippen LogP contribution in [0.2, 0.25) is 0 Å². The molecule has 0 aliphatic heterocycles. The van der Waals surface area contributed by atoms with E-state index in [0.29, 0.717) is 11.5 Å². The van der Waals surface area contributed by atoms with E-state index in [9.17, 15) is 18.0 Å². The number of carbonyl (C=O) groups is 1. The van der Waals surface area contributed by atoms with Crippen LogP contribution in [0.1, 0.15) is 10.4 Å². The third kappa shape index (κ3) is 4.10. The molecule has 2 aromatic heterocycles. The summed E-state index contributed by atoms with van der Waals surface area (Å²) in [5, 5.41) is 6.57. The van der Waals surface area contributed by atoms with Gasteiger partial charge >= 0.3 is 6.36 Å². The van der Waals surface area contributed by atoms with Crippen molar-refractivity contribution in [1.82, 2.24) is 19.7 Å². The Bertz CT molecular complexity index is 864. The number of carbonyl (C=O) groups excluding carboxylic acids is 1. The Morgan fingerprint density at radius 2 is 1.92 bits per heavy atom. The van der Waals surface area contributed by atoms with Crippen LogP contribution in [0.5, 0.6) is 5.75 Å². The Balaban J connectivity index is 1.77. The van der Waals surface area contributed by atoms with Gasteiger partial charge in [-0.2, -0.15) is 5.10 Å². The van der Waals surface area contributed by atoms with Gasteiger partial charge in [-0.05, 0) is 36.4 Å². The minimum Gasteiger partial charge on any atom is -0.406 e. The molecule has 128 valence electrons. The van der Waals surface area contributed by atoms with Gasteiger partial charge in [-0.25, -0.2) is 14.6 Å². The van der Waals surface area contributed by atoms with Gasteiger partial charge in [0.05, 0.1) is 5.69 Å². The van der Waals surface area contributed by atoms with E-state index >= 15 is 0 Å². The number of nitrogens with one attached hydrogen (secondary N) is 1. The van der Waals surface area contributed by atoms with Crippen LogP contribution < -0.4 is 10.1 Å². The van der Waals surface area contributed by atoms with Crippen molar-refractivity contribution in [3.63, 3.8) is 0 Å². The first-order valence-electron chi connectivity index (χ1n) is 6.89. The van der Waals surface area contributed by atoms with Crippen molar-refractivity contribution >= 4 is 11.6 Å². The van der Waals surface area contributed by atoms with Crippen molar-refractivity contribution in [1.29, 1.82) is 0 Å². The number of hydrogen-bond donors (Lipinski definition) is 1. The Morgan fingerprint density at radius 1 is 1.16 bits per heavy atom. The van der Waals surface area contributed by atoms with Crippen LogP contribution in [-0.2, 0) is 0 Å². The normalized spacial score (nSPS) is 11.2. The standard InChI is InChI=1S/C15H10F3N5O2/c16-15(17,18)25-11-5-3-10(4-6-11)14(24)22-12-2-1-7-20-13(12)23-9-19-8-21-23/h1-9H,(H,22,24). The van der Waals surface area contributed by atoms with E-state index in [4.69, 9.17) is 0 Å². The number of alkyl halides is 3. The Kier molecular flexibility index (Phi) is 4.33. The molecule has 0 aliphatic carbocycles. The SMILES string of the molecule is O=C(Nc1cccnc1-n1cncn1)c1ccc(OC(F)(F)F)cc1. The van der Waals surface area contributed by atoms with Gasteiger partial charge in [0.15, 0.2) is 5.82 Å². The predicted octanol–water partition coefficient (Wildman–Crippen LogP) is 2.81. The molecule has 0 spiro atoms. The van der Waals surface area contributed by atoms with Crippen LogP contribution in [0.4, 0.5) is 18.9 Å². The summed E-state index contributed by atoms with van der Waals surface area (Å²) in [4.78, 5) is 20.2. The molecular formula is C15H10F3N5O2. The third-order valence-corrected chi connectivity index (χ3v) is 3.02. The lowest BCUT2D eigenvalue weighted by molar-refractivity contribution is -0.274. The highest BCUT2D eigenvalue weighted by molar-refractivity contribution is 6.05. The van der Waals surface area contributed by atoms with Crippen molar-refractivity contribution in [3.05, 3.63) is 60.8 Å². The molecule has 25 heavy (non-hydrogen) atoms. The lowest BCUT2D eigenvalue weighted by Crippen LogP contribution is -2.17. The fourth-order valence-electron chi connectivity index (χ4n) is 2.00. The molecule has 2 heterocycles. The zero-order valence-electron chi connectivity index (χ0n) is 12.4. The lowest BCUT2D eigenvalue weighted by atomic mass is 10.2. The van der Waals surface area contributed by atoms with E-state index in [1.807, 2.05) is 0 Å². The molecule has 0 fully saturated rings. The topological polar surface area (TPSA) is 81.9 Å². The number of amides is 1. The summed E-state index contributed by atoms with van der Waals surface area (Å²) in [6.45, 7) is 0. The van der Waals surface area contributed by atoms with E-state index in [1.54, 1.807) is 12.1 Å². The molecule has 0 aliphatic rings. The molecular weight excluding hydrogens is 339 g/mol. The monoisotopic (exact) mass is 349 g/mol. The molecule has 0 atom stereocenters. The zero-order chi connectivity index (χ0) is 17.9. The van der Waals surface area contributed by atoms with Gasteiger partial charge < -0.3 is 10.1 Å². The highest BCUT2D eigenvalue weighted by atomic mass is 19.4. The first-order valence-corrected chi connectivity index (χ1v) is 6.89. The first-order chi connectivity index (χ1) is 11.9. The average molecular weight is 349 g/mol. The maximum Gasteiger partial charge on any atom is 0.573 e. The lowest BCUT2D eigenvalue weighted by Gasteiger charge is -2.11. The first kappa shape index (κ1) is 16.4. The number of halogens is 3. The van der Waals surface area contributed by atoms with Crippen molar-refractivity contribution in [2.45, 2.75) is 6.36 Å². The van der Waals surface area contributed by atoms with E-state index in [2.05, 4.69) is 25.1 Å². The second kappa shape index (κ2) is 6.59.